The van der Waals surface area contributed by atoms with Gasteiger partial charge in [-0.05, 0) is 26.0 Å². The molecule has 0 unspecified atom stereocenters. The van der Waals surface area contributed by atoms with Crippen molar-refractivity contribution in [2.24, 2.45) is 0 Å². The van der Waals surface area contributed by atoms with Gasteiger partial charge in [-0.1, -0.05) is 17.8 Å². The van der Waals surface area contributed by atoms with Crippen molar-refractivity contribution >= 4 is 17.7 Å². The molecule has 18 heavy (non-hydrogen) atoms. The third kappa shape index (κ3) is 3.71. The number of carbonyl (C=O) groups is 1. The number of amides is 1. The number of thioether (sulfide) groups is 1. The molecule has 4 nitrogen and oxygen atoms in total. The number of carbonyl (C=O) groups excluding carboxylic acids is 1. The molecule has 0 N–H and O–H groups in total. The second-order valence-electron chi connectivity index (χ2n) is 4.51. The summed E-state index contributed by atoms with van der Waals surface area (Å²) in [5, 5.41) is 0.889. The van der Waals surface area contributed by atoms with Crippen LogP contribution in [-0.2, 0) is 9.53 Å². The number of hydrogen-bond acceptors (Lipinski definition) is 4. The van der Waals surface area contributed by atoms with Gasteiger partial charge in [0, 0.05) is 19.3 Å². The summed E-state index contributed by atoms with van der Waals surface area (Å²) in [5.41, 5.74) is 0. The van der Waals surface area contributed by atoms with Crippen LogP contribution >= 0.6 is 11.8 Å². The number of morpholine rings is 1. The Morgan fingerprint density at radius 2 is 2.17 bits per heavy atom. The first-order chi connectivity index (χ1) is 8.65. The molecule has 1 fully saturated rings. The Morgan fingerprint density at radius 3 is 2.78 bits per heavy atom. The summed E-state index contributed by atoms with van der Waals surface area (Å²) in [6.45, 7) is 5.38. The number of pyridine rings is 1. The largest absolute Gasteiger partial charge is 0.372 e. The molecule has 0 bridgehead atoms. The van der Waals surface area contributed by atoms with Crippen molar-refractivity contribution in [1.29, 1.82) is 0 Å². The van der Waals surface area contributed by atoms with Gasteiger partial charge in [-0.2, -0.15) is 0 Å². The minimum atomic E-state index is 0.123. The Hall–Kier alpha value is -1.07. The van der Waals surface area contributed by atoms with Gasteiger partial charge in [0.25, 0.3) is 0 Å². The van der Waals surface area contributed by atoms with Gasteiger partial charge in [-0.25, -0.2) is 4.98 Å². The zero-order valence-corrected chi connectivity index (χ0v) is 11.5. The van der Waals surface area contributed by atoms with E-state index >= 15 is 0 Å². The third-order valence-electron chi connectivity index (χ3n) is 2.75. The van der Waals surface area contributed by atoms with Crippen LogP contribution in [0.15, 0.2) is 29.4 Å². The Labute approximate surface area is 112 Å². The number of aromatic nitrogens is 1. The van der Waals surface area contributed by atoms with E-state index in [9.17, 15) is 4.79 Å². The van der Waals surface area contributed by atoms with Gasteiger partial charge in [-0.3, -0.25) is 4.79 Å². The third-order valence-corrected chi connectivity index (χ3v) is 3.68. The fourth-order valence-electron chi connectivity index (χ4n) is 2.04. The Kier molecular flexibility index (Phi) is 4.60. The second-order valence-corrected chi connectivity index (χ2v) is 5.51. The van der Waals surface area contributed by atoms with Crippen LogP contribution in [0.3, 0.4) is 0 Å². The smallest absolute Gasteiger partial charge is 0.233 e. The summed E-state index contributed by atoms with van der Waals surface area (Å²) >= 11 is 1.48. The van der Waals surface area contributed by atoms with Crippen molar-refractivity contribution in [3.63, 3.8) is 0 Å². The highest BCUT2D eigenvalue weighted by Gasteiger charge is 2.25. The molecule has 2 rings (SSSR count). The zero-order chi connectivity index (χ0) is 13.0. The van der Waals surface area contributed by atoms with E-state index in [1.54, 1.807) is 6.20 Å². The number of hydrogen-bond donors (Lipinski definition) is 0. The maximum absolute atomic E-state index is 12.1. The average molecular weight is 266 g/mol. The van der Waals surface area contributed by atoms with Crippen LogP contribution in [0.25, 0.3) is 0 Å². The highest BCUT2D eigenvalue weighted by Crippen LogP contribution is 2.17. The maximum Gasteiger partial charge on any atom is 0.233 e. The quantitative estimate of drug-likeness (QED) is 0.783. The molecule has 0 spiro atoms. The molecule has 1 aliphatic rings. The van der Waals surface area contributed by atoms with E-state index in [1.165, 1.54) is 11.8 Å². The lowest BCUT2D eigenvalue weighted by Gasteiger charge is -2.35. The van der Waals surface area contributed by atoms with Crippen LogP contribution in [0.4, 0.5) is 0 Å². The van der Waals surface area contributed by atoms with E-state index < -0.39 is 0 Å². The van der Waals surface area contributed by atoms with E-state index in [2.05, 4.69) is 4.98 Å². The zero-order valence-electron chi connectivity index (χ0n) is 10.7. The number of nitrogens with zero attached hydrogens (tertiary/aromatic N) is 2. The maximum atomic E-state index is 12.1. The van der Waals surface area contributed by atoms with Gasteiger partial charge < -0.3 is 9.64 Å². The van der Waals surface area contributed by atoms with Crippen LogP contribution in [0.1, 0.15) is 13.8 Å². The van der Waals surface area contributed by atoms with E-state index in [0.29, 0.717) is 18.8 Å². The second kappa shape index (κ2) is 6.20. The molecule has 2 atom stereocenters. The minimum absolute atomic E-state index is 0.123. The van der Waals surface area contributed by atoms with Crippen molar-refractivity contribution in [2.45, 2.75) is 31.1 Å². The number of rotatable bonds is 3. The Bertz CT molecular complexity index is 389. The Balaban J connectivity index is 1.84. The first-order valence-corrected chi connectivity index (χ1v) is 7.11. The molecule has 5 heteroatoms. The summed E-state index contributed by atoms with van der Waals surface area (Å²) in [5.74, 6) is 0.601. The van der Waals surface area contributed by atoms with Crippen LogP contribution in [0.5, 0.6) is 0 Å². The molecule has 0 aliphatic carbocycles. The highest BCUT2D eigenvalue weighted by molar-refractivity contribution is 7.99. The van der Waals surface area contributed by atoms with Crippen LogP contribution in [0.2, 0.25) is 0 Å². The summed E-state index contributed by atoms with van der Waals surface area (Å²) in [4.78, 5) is 18.2. The summed E-state index contributed by atoms with van der Waals surface area (Å²) < 4.78 is 5.62. The predicted octanol–water partition coefficient (Wildman–Crippen LogP) is 1.81. The summed E-state index contributed by atoms with van der Waals surface area (Å²) in [6, 6.07) is 5.72. The molecule has 1 saturated heterocycles. The van der Waals surface area contributed by atoms with Gasteiger partial charge in [0.2, 0.25) is 5.91 Å². The van der Waals surface area contributed by atoms with E-state index in [1.807, 2.05) is 36.9 Å². The fourth-order valence-corrected chi connectivity index (χ4v) is 2.81. The van der Waals surface area contributed by atoms with Gasteiger partial charge >= 0.3 is 0 Å². The lowest BCUT2D eigenvalue weighted by atomic mass is 10.2. The predicted molar refractivity (Wildman–Crippen MR) is 71.6 cm³/mol. The van der Waals surface area contributed by atoms with E-state index in [-0.39, 0.29) is 18.1 Å². The van der Waals surface area contributed by atoms with Gasteiger partial charge in [0.05, 0.1) is 23.0 Å². The SMILES string of the molecule is C[C@@H]1CN(C(=O)CSc2ccccn2)C[C@H](C)O1. The molecule has 1 aliphatic heterocycles. The van der Waals surface area contributed by atoms with Crippen molar-refractivity contribution in [3.05, 3.63) is 24.4 Å². The summed E-state index contributed by atoms with van der Waals surface area (Å²) in [7, 11) is 0. The van der Waals surface area contributed by atoms with E-state index in [4.69, 9.17) is 4.74 Å². The fraction of sp³-hybridized carbons (Fsp3) is 0.538. The van der Waals surface area contributed by atoms with Crippen molar-refractivity contribution in [3.8, 4) is 0 Å². The van der Waals surface area contributed by atoms with Crippen LogP contribution in [-0.4, -0.2) is 46.8 Å². The molecule has 1 amide bonds. The van der Waals surface area contributed by atoms with Crippen LogP contribution < -0.4 is 0 Å². The molecule has 98 valence electrons. The van der Waals surface area contributed by atoms with Crippen molar-refractivity contribution < 1.29 is 9.53 Å². The molecule has 0 radical (unpaired) electrons. The molecular formula is C13H18N2O2S. The molecule has 1 aromatic rings. The van der Waals surface area contributed by atoms with E-state index in [0.717, 1.165) is 5.03 Å². The topological polar surface area (TPSA) is 42.4 Å². The molecule has 0 aromatic carbocycles. The molecule has 2 heterocycles. The number of ether oxygens (including phenoxy) is 1. The van der Waals surface area contributed by atoms with Crippen LogP contribution in [0, 0.1) is 0 Å². The highest BCUT2D eigenvalue weighted by atomic mass is 32.2. The average Bonchev–Trinajstić information content (AvgIpc) is 2.36. The normalized spacial score (nSPS) is 24.0. The van der Waals surface area contributed by atoms with Crippen molar-refractivity contribution in [1.82, 2.24) is 9.88 Å². The summed E-state index contributed by atoms with van der Waals surface area (Å²) in [6.07, 6.45) is 1.99. The van der Waals surface area contributed by atoms with Gasteiger partial charge in [0.15, 0.2) is 0 Å². The lowest BCUT2D eigenvalue weighted by molar-refractivity contribution is -0.140. The van der Waals surface area contributed by atoms with Gasteiger partial charge in [-0.15, -0.1) is 0 Å². The lowest BCUT2D eigenvalue weighted by Crippen LogP contribution is -2.48. The first-order valence-electron chi connectivity index (χ1n) is 6.12. The minimum Gasteiger partial charge on any atom is -0.372 e. The monoisotopic (exact) mass is 266 g/mol. The van der Waals surface area contributed by atoms with Crippen molar-refractivity contribution in [2.75, 3.05) is 18.8 Å². The standard InChI is InChI=1S/C13H18N2O2S/c1-10-7-15(8-11(2)17-10)13(16)9-18-12-5-3-4-6-14-12/h3-6,10-11H,7-9H2,1-2H3/t10-,11+. The van der Waals surface area contributed by atoms with Gasteiger partial charge in [0.1, 0.15) is 0 Å². The molecular weight excluding hydrogens is 248 g/mol. The molecule has 1 aromatic heterocycles. The molecule has 0 saturated carbocycles. The first kappa shape index (κ1) is 13.4. The Morgan fingerprint density at radius 1 is 1.44 bits per heavy atom.